The Labute approximate surface area is 127 Å². The van der Waals surface area contributed by atoms with Crippen LogP contribution < -0.4 is 4.72 Å². The summed E-state index contributed by atoms with van der Waals surface area (Å²) in [7, 11) is -3.51. The predicted octanol–water partition coefficient (Wildman–Crippen LogP) is 2.99. The summed E-state index contributed by atoms with van der Waals surface area (Å²) in [5.41, 5.74) is 0.723. The second kappa shape index (κ2) is 6.46. The number of rotatable bonds is 6. The lowest BCUT2D eigenvalue weighted by atomic mass is 9.89. The van der Waals surface area contributed by atoms with E-state index in [0.717, 1.165) is 12.8 Å². The molecule has 1 aliphatic rings. The van der Waals surface area contributed by atoms with E-state index >= 15 is 0 Å². The topological polar surface area (TPSA) is 66.4 Å². The van der Waals surface area contributed by atoms with Gasteiger partial charge in [0.1, 0.15) is 0 Å². The molecule has 1 aromatic carbocycles. The first-order valence-electron chi connectivity index (χ1n) is 7.64. The molecule has 1 saturated carbocycles. The van der Waals surface area contributed by atoms with Gasteiger partial charge in [-0.3, -0.25) is 0 Å². The van der Waals surface area contributed by atoms with Gasteiger partial charge in [0.15, 0.2) is 0 Å². The molecule has 1 unspecified atom stereocenters. The van der Waals surface area contributed by atoms with Crippen LogP contribution in [-0.2, 0) is 10.0 Å². The van der Waals surface area contributed by atoms with E-state index in [1.54, 1.807) is 24.3 Å². The predicted molar refractivity (Wildman–Crippen MR) is 83.5 cm³/mol. The monoisotopic (exact) mass is 311 g/mol. The maximum atomic E-state index is 12.4. The Hall–Kier alpha value is -0.910. The summed E-state index contributed by atoms with van der Waals surface area (Å²) in [6.45, 7) is 4.49. The molecule has 0 aromatic heterocycles. The lowest BCUT2D eigenvalue weighted by molar-refractivity contribution is 0.173. The van der Waals surface area contributed by atoms with E-state index in [9.17, 15) is 13.5 Å². The zero-order chi connectivity index (χ0) is 15.5. The molecule has 2 N–H and O–H groups in total. The van der Waals surface area contributed by atoms with Crippen molar-refractivity contribution in [2.75, 3.05) is 6.54 Å². The van der Waals surface area contributed by atoms with Crippen LogP contribution in [0.2, 0.25) is 0 Å². The molecule has 1 fully saturated rings. The van der Waals surface area contributed by atoms with Crippen molar-refractivity contribution in [2.24, 2.45) is 5.41 Å². The summed E-state index contributed by atoms with van der Waals surface area (Å²) >= 11 is 0. The van der Waals surface area contributed by atoms with E-state index < -0.39 is 16.1 Å². The Morgan fingerprint density at radius 1 is 1.33 bits per heavy atom. The number of benzene rings is 1. The van der Waals surface area contributed by atoms with Gasteiger partial charge in [-0.2, -0.15) is 0 Å². The van der Waals surface area contributed by atoms with Crippen LogP contribution in [0.3, 0.4) is 0 Å². The van der Waals surface area contributed by atoms with Crippen LogP contribution >= 0.6 is 0 Å². The molecule has 1 aromatic rings. The van der Waals surface area contributed by atoms with Crippen molar-refractivity contribution in [3.8, 4) is 0 Å². The second-order valence-electron chi connectivity index (χ2n) is 6.34. The Balaban J connectivity index is 2.12. The molecule has 0 bridgehead atoms. The Morgan fingerprint density at radius 2 is 2.00 bits per heavy atom. The highest BCUT2D eigenvalue weighted by atomic mass is 32.2. The minimum Gasteiger partial charge on any atom is -0.388 e. The van der Waals surface area contributed by atoms with Crippen LogP contribution in [0.1, 0.15) is 57.6 Å². The van der Waals surface area contributed by atoms with E-state index in [1.807, 2.05) is 6.92 Å². The smallest absolute Gasteiger partial charge is 0.240 e. The average molecular weight is 311 g/mol. The third-order valence-electron chi connectivity index (χ3n) is 4.44. The van der Waals surface area contributed by atoms with Crippen molar-refractivity contribution in [1.82, 2.24) is 4.72 Å². The first kappa shape index (κ1) is 16.5. The summed E-state index contributed by atoms with van der Waals surface area (Å²) < 4.78 is 27.5. The molecule has 0 amide bonds. The number of hydrogen-bond acceptors (Lipinski definition) is 3. The first-order valence-corrected chi connectivity index (χ1v) is 9.12. The van der Waals surface area contributed by atoms with Crippen molar-refractivity contribution < 1.29 is 13.5 Å². The van der Waals surface area contributed by atoms with Gasteiger partial charge in [0.2, 0.25) is 10.0 Å². The van der Waals surface area contributed by atoms with Crippen LogP contribution in [0.15, 0.2) is 29.2 Å². The third kappa shape index (κ3) is 4.05. The fraction of sp³-hybridized carbons (Fsp3) is 0.625. The highest BCUT2D eigenvalue weighted by Gasteiger charge is 2.30. The maximum absolute atomic E-state index is 12.4. The summed E-state index contributed by atoms with van der Waals surface area (Å²) in [5, 5.41) is 9.85. The van der Waals surface area contributed by atoms with Crippen molar-refractivity contribution >= 4 is 10.0 Å². The number of aliphatic hydroxyl groups excluding tert-OH is 1. The Kier molecular flexibility index (Phi) is 5.07. The molecule has 21 heavy (non-hydrogen) atoms. The Morgan fingerprint density at radius 3 is 2.62 bits per heavy atom. The summed E-state index contributed by atoms with van der Waals surface area (Å²) in [6.07, 6.45) is 4.45. The van der Waals surface area contributed by atoms with E-state index in [0.29, 0.717) is 18.5 Å². The molecule has 5 heteroatoms. The Bertz CT molecular complexity index is 577. The molecule has 1 atom stereocenters. The van der Waals surface area contributed by atoms with Crippen molar-refractivity contribution in [1.29, 1.82) is 0 Å². The standard InChI is InChI=1S/C16H25NO3S/c1-3-15(18)13-7-6-8-14(11-13)21(19,20)17-12-16(2)9-4-5-10-16/h6-8,11,15,17-18H,3-5,9-10,12H2,1-2H3. The second-order valence-corrected chi connectivity index (χ2v) is 8.11. The first-order chi connectivity index (χ1) is 9.86. The highest BCUT2D eigenvalue weighted by Crippen LogP contribution is 2.37. The normalized spacial score (nSPS) is 19.6. The fourth-order valence-corrected chi connectivity index (χ4v) is 4.14. The SMILES string of the molecule is CCC(O)c1cccc(S(=O)(=O)NCC2(C)CCCC2)c1. The van der Waals surface area contributed by atoms with Crippen molar-refractivity contribution in [2.45, 2.75) is 57.0 Å². The van der Waals surface area contributed by atoms with Crippen LogP contribution in [0.4, 0.5) is 0 Å². The molecular weight excluding hydrogens is 286 g/mol. The molecule has 0 radical (unpaired) electrons. The molecule has 4 nitrogen and oxygen atoms in total. The lowest BCUT2D eigenvalue weighted by Gasteiger charge is -2.23. The molecule has 118 valence electrons. The van der Waals surface area contributed by atoms with E-state index in [2.05, 4.69) is 11.6 Å². The molecule has 0 heterocycles. The van der Waals surface area contributed by atoms with Gasteiger partial charge in [-0.05, 0) is 42.4 Å². The summed E-state index contributed by atoms with van der Waals surface area (Å²) in [6, 6.07) is 6.57. The molecule has 0 spiro atoms. The minimum atomic E-state index is -3.51. The highest BCUT2D eigenvalue weighted by molar-refractivity contribution is 7.89. The molecular formula is C16H25NO3S. The van der Waals surface area contributed by atoms with E-state index in [1.165, 1.54) is 12.8 Å². The molecule has 0 saturated heterocycles. The van der Waals surface area contributed by atoms with Gasteiger partial charge in [0.05, 0.1) is 11.0 Å². The summed E-state index contributed by atoms with van der Waals surface area (Å²) in [5.74, 6) is 0. The van der Waals surface area contributed by atoms with Crippen LogP contribution in [0, 0.1) is 5.41 Å². The summed E-state index contributed by atoms with van der Waals surface area (Å²) in [4.78, 5) is 0.231. The van der Waals surface area contributed by atoms with Gasteiger partial charge in [0.25, 0.3) is 0 Å². The number of nitrogens with one attached hydrogen (secondary N) is 1. The quantitative estimate of drug-likeness (QED) is 0.848. The van der Waals surface area contributed by atoms with Gasteiger partial charge in [-0.1, -0.05) is 38.8 Å². The van der Waals surface area contributed by atoms with Crippen LogP contribution in [-0.4, -0.2) is 20.1 Å². The van der Waals surface area contributed by atoms with Gasteiger partial charge >= 0.3 is 0 Å². The van der Waals surface area contributed by atoms with Gasteiger partial charge < -0.3 is 5.11 Å². The van der Waals surface area contributed by atoms with Crippen molar-refractivity contribution in [3.05, 3.63) is 29.8 Å². The van der Waals surface area contributed by atoms with Crippen LogP contribution in [0.5, 0.6) is 0 Å². The number of sulfonamides is 1. The van der Waals surface area contributed by atoms with Crippen molar-refractivity contribution in [3.63, 3.8) is 0 Å². The zero-order valence-electron chi connectivity index (χ0n) is 12.8. The largest absolute Gasteiger partial charge is 0.388 e. The van der Waals surface area contributed by atoms with E-state index in [-0.39, 0.29) is 10.3 Å². The van der Waals surface area contributed by atoms with E-state index in [4.69, 9.17) is 0 Å². The van der Waals surface area contributed by atoms with Gasteiger partial charge in [-0.25, -0.2) is 13.1 Å². The van der Waals surface area contributed by atoms with Gasteiger partial charge in [-0.15, -0.1) is 0 Å². The fourth-order valence-electron chi connectivity index (χ4n) is 2.88. The lowest BCUT2D eigenvalue weighted by Crippen LogP contribution is -2.34. The molecule has 2 rings (SSSR count). The zero-order valence-corrected chi connectivity index (χ0v) is 13.6. The number of aliphatic hydroxyl groups is 1. The minimum absolute atomic E-state index is 0.0770. The number of hydrogen-bond donors (Lipinski definition) is 2. The van der Waals surface area contributed by atoms with Gasteiger partial charge in [0, 0.05) is 6.54 Å². The van der Waals surface area contributed by atoms with Crippen LogP contribution in [0.25, 0.3) is 0 Å². The molecule has 0 aliphatic heterocycles. The molecule has 1 aliphatic carbocycles. The maximum Gasteiger partial charge on any atom is 0.240 e. The average Bonchev–Trinajstić information content (AvgIpc) is 2.92. The third-order valence-corrected chi connectivity index (χ3v) is 5.84.